The SMILES string of the molecule is C#Cc1c(F)ccc2cc(O)cc(-c3ncc4c(N5CCCOCC5)nc(OC[C@@]56CC7(CC7)CN5C[C@H]5C[C@H]56)nc4c3F)c12. The maximum atomic E-state index is 16.8. The van der Waals surface area contributed by atoms with E-state index in [0.717, 1.165) is 31.8 Å². The molecule has 0 amide bonds. The molecule has 0 unspecified atom stereocenters. The van der Waals surface area contributed by atoms with Crippen molar-refractivity contribution in [3.05, 3.63) is 47.7 Å². The zero-order valence-electron chi connectivity index (χ0n) is 24.9. The molecule has 5 heterocycles. The number of nitrogens with zero attached hydrogens (tertiary/aromatic N) is 5. The predicted octanol–water partition coefficient (Wildman–Crippen LogP) is 5.29. The van der Waals surface area contributed by atoms with E-state index in [1.165, 1.54) is 43.5 Å². The highest BCUT2D eigenvalue weighted by atomic mass is 19.1. The van der Waals surface area contributed by atoms with E-state index in [2.05, 4.69) is 25.7 Å². The van der Waals surface area contributed by atoms with Crippen LogP contribution in [0.1, 0.15) is 37.7 Å². The molecule has 230 valence electrons. The van der Waals surface area contributed by atoms with E-state index >= 15 is 4.39 Å². The van der Waals surface area contributed by atoms with Gasteiger partial charge in [0.05, 0.1) is 23.1 Å². The number of hydrogen-bond donors (Lipinski definition) is 1. The summed E-state index contributed by atoms with van der Waals surface area (Å²) in [5.41, 5.74) is 0.553. The molecule has 5 fully saturated rings. The summed E-state index contributed by atoms with van der Waals surface area (Å²) < 4.78 is 43.8. The minimum atomic E-state index is -0.716. The number of pyridine rings is 1. The Morgan fingerprint density at radius 1 is 1.16 bits per heavy atom. The van der Waals surface area contributed by atoms with Gasteiger partial charge in [-0.15, -0.1) is 6.42 Å². The molecule has 8 nitrogen and oxygen atoms in total. The number of fused-ring (bicyclic) bond motifs is 5. The Hall–Kier alpha value is -4.07. The summed E-state index contributed by atoms with van der Waals surface area (Å²) in [5, 5.41) is 11.8. The van der Waals surface area contributed by atoms with Crippen molar-refractivity contribution >= 4 is 27.5 Å². The van der Waals surface area contributed by atoms with E-state index in [9.17, 15) is 9.50 Å². The number of rotatable bonds is 5. The number of phenolic OH excluding ortho intramolecular Hbond substituents is 1. The molecule has 9 rings (SSSR count). The lowest BCUT2D eigenvalue weighted by Crippen LogP contribution is -2.47. The summed E-state index contributed by atoms with van der Waals surface area (Å²) in [6.07, 6.45) is 13.0. The zero-order valence-corrected chi connectivity index (χ0v) is 24.9. The van der Waals surface area contributed by atoms with E-state index in [4.69, 9.17) is 20.9 Å². The van der Waals surface area contributed by atoms with Gasteiger partial charge in [0.25, 0.3) is 0 Å². The summed E-state index contributed by atoms with van der Waals surface area (Å²) in [5.74, 6) is 2.88. The van der Waals surface area contributed by atoms with Crippen molar-refractivity contribution in [1.29, 1.82) is 0 Å². The van der Waals surface area contributed by atoms with Crippen molar-refractivity contribution in [2.75, 3.05) is 50.9 Å². The Bertz CT molecular complexity index is 1930. The molecule has 2 saturated carbocycles. The third-order valence-corrected chi connectivity index (χ3v) is 10.9. The van der Waals surface area contributed by atoms with E-state index in [1.807, 2.05) is 0 Å². The average Bonchev–Trinajstić information content (AvgIpc) is 3.93. The van der Waals surface area contributed by atoms with Crippen LogP contribution < -0.4 is 9.64 Å². The van der Waals surface area contributed by atoms with Crippen molar-refractivity contribution in [2.24, 2.45) is 17.3 Å². The molecule has 3 saturated heterocycles. The predicted molar refractivity (Wildman–Crippen MR) is 165 cm³/mol. The molecule has 5 aliphatic rings. The molecule has 2 aliphatic carbocycles. The van der Waals surface area contributed by atoms with Crippen LogP contribution in [0.15, 0.2) is 30.5 Å². The molecule has 1 N–H and O–H groups in total. The lowest BCUT2D eigenvalue weighted by atomic mass is 9.87. The van der Waals surface area contributed by atoms with Gasteiger partial charge in [0, 0.05) is 49.9 Å². The van der Waals surface area contributed by atoms with E-state index < -0.39 is 11.6 Å². The van der Waals surface area contributed by atoms with Gasteiger partial charge in [-0.1, -0.05) is 12.0 Å². The lowest BCUT2D eigenvalue weighted by molar-refractivity contribution is 0.0828. The van der Waals surface area contributed by atoms with Crippen LogP contribution in [0.2, 0.25) is 0 Å². The van der Waals surface area contributed by atoms with Gasteiger partial charge in [0.1, 0.15) is 35.2 Å². The zero-order chi connectivity index (χ0) is 30.5. The molecule has 45 heavy (non-hydrogen) atoms. The number of benzene rings is 2. The average molecular weight is 610 g/mol. The molecule has 2 aromatic carbocycles. The van der Waals surface area contributed by atoms with Gasteiger partial charge in [-0.3, -0.25) is 9.88 Å². The molecule has 3 atom stereocenters. The molecule has 2 aromatic heterocycles. The quantitative estimate of drug-likeness (QED) is 0.306. The fourth-order valence-electron chi connectivity index (χ4n) is 8.56. The minimum Gasteiger partial charge on any atom is -0.508 e. The number of ether oxygens (including phenoxy) is 2. The van der Waals surface area contributed by atoms with Gasteiger partial charge >= 0.3 is 6.01 Å². The lowest BCUT2D eigenvalue weighted by Gasteiger charge is -2.34. The normalized spacial score (nSPS) is 26.6. The van der Waals surface area contributed by atoms with Crippen molar-refractivity contribution in [3.8, 4) is 35.4 Å². The number of hydrogen-bond acceptors (Lipinski definition) is 8. The molecule has 0 radical (unpaired) electrons. The largest absolute Gasteiger partial charge is 0.508 e. The van der Waals surface area contributed by atoms with Crippen molar-refractivity contribution in [3.63, 3.8) is 0 Å². The molecular formula is C35H33F2N5O3. The number of piperidine rings is 1. The second-order valence-corrected chi connectivity index (χ2v) is 13.7. The highest BCUT2D eigenvalue weighted by Gasteiger charge is 2.70. The van der Waals surface area contributed by atoms with E-state index in [0.29, 0.717) is 66.2 Å². The van der Waals surface area contributed by atoms with Gasteiger partial charge in [-0.05, 0) is 72.9 Å². The maximum absolute atomic E-state index is 16.8. The van der Waals surface area contributed by atoms with Crippen LogP contribution in [-0.2, 0) is 4.74 Å². The third-order valence-electron chi connectivity index (χ3n) is 10.9. The first-order chi connectivity index (χ1) is 21.9. The summed E-state index contributed by atoms with van der Waals surface area (Å²) >= 11 is 0. The number of phenols is 1. The topological polar surface area (TPSA) is 83.8 Å². The van der Waals surface area contributed by atoms with Gasteiger partial charge in [0.15, 0.2) is 5.82 Å². The first kappa shape index (κ1) is 27.3. The van der Waals surface area contributed by atoms with Crippen molar-refractivity contribution < 1.29 is 23.4 Å². The number of aromatic hydroxyl groups is 1. The van der Waals surface area contributed by atoms with Crippen LogP contribution in [0.5, 0.6) is 11.8 Å². The van der Waals surface area contributed by atoms with E-state index in [1.54, 1.807) is 6.20 Å². The number of anilines is 1. The van der Waals surface area contributed by atoms with Crippen LogP contribution in [0.3, 0.4) is 0 Å². The Morgan fingerprint density at radius 3 is 2.89 bits per heavy atom. The highest BCUT2D eigenvalue weighted by Crippen LogP contribution is 2.68. The summed E-state index contributed by atoms with van der Waals surface area (Å²) in [6.45, 7) is 5.18. The maximum Gasteiger partial charge on any atom is 0.319 e. The molecular weight excluding hydrogens is 576 g/mol. The van der Waals surface area contributed by atoms with Gasteiger partial charge < -0.3 is 19.5 Å². The Morgan fingerprint density at radius 2 is 2.04 bits per heavy atom. The first-order valence-corrected chi connectivity index (χ1v) is 15.9. The number of aromatic nitrogens is 3. The Balaban J connectivity index is 1.18. The number of halogens is 2. The fourth-order valence-corrected chi connectivity index (χ4v) is 8.56. The molecule has 10 heteroatoms. The Kier molecular flexibility index (Phi) is 5.88. The van der Waals surface area contributed by atoms with Crippen LogP contribution in [0.4, 0.5) is 14.6 Å². The van der Waals surface area contributed by atoms with Gasteiger partial charge in [-0.25, -0.2) is 8.78 Å². The second-order valence-electron chi connectivity index (χ2n) is 13.7. The second kappa shape index (κ2) is 9.71. The summed E-state index contributed by atoms with van der Waals surface area (Å²) in [7, 11) is 0. The first-order valence-electron chi connectivity index (χ1n) is 15.9. The third kappa shape index (κ3) is 4.20. The van der Waals surface area contributed by atoms with Crippen LogP contribution in [0, 0.1) is 41.2 Å². The monoisotopic (exact) mass is 609 g/mol. The van der Waals surface area contributed by atoms with Crippen LogP contribution >= 0.6 is 0 Å². The summed E-state index contributed by atoms with van der Waals surface area (Å²) in [6, 6.07) is 5.70. The molecule has 3 aliphatic heterocycles. The minimum absolute atomic E-state index is 0.00574. The highest BCUT2D eigenvalue weighted by molar-refractivity contribution is 6.03. The van der Waals surface area contributed by atoms with Crippen LogP contribution in [0.25, 0.3) is 32.9 Å². The Labute approximate surface area is 259 Å². The molecule has 1 spiro atoms. The van der Waals surface area contributed by atoms with Crippen molar-refractivity contribution in [2.45, 2.75) is 37.6 Å². The smallest absolute Gasteiger partial charge is 0.319 e. The van der Waals surface area contributed by atoms with Gasteiger partial charge in [-0.2, -0.15) is 9.97 Å². The number of terminal acetylenes is 1. The van der Waals surface area contributed by atoms with Crippen molar-refractivity contribution in [1.82, 2.24) is 19.9 Å². The molecule has 0 bridgehead atoms. The standard InChI is InChI=1S/C35H33F2N5O3/c1-2-23-27(36)5-4-20-12-22(43)14-24(28(20)23)30-29(37)31-25(15-38-30)32(41-8-3-10-44-11-9-41)40-33(39-31)45-19-35-17-34(6-7-34)18-42(35)16-21-13-26(21)35/h1,4-5,12,14-15,21,26,43H,3,6-11,13,16-19H2/t21-,26-,35-/m1/s1. The summed E-state index contributed by atoms with van der Waals surface area (Å²) in [4.78, 5) is 18.8. The van der Waals surface area contributed by atoms with Gasteiger partial charge in [0.2, 0.25) is 0 Å². The van der Waals surface area contributed by atoms with E-state index in [-0.39, 0.29) is 39.6 Å². The van der Waals surface area contributed by atoms with Crippen LogP contribution in [-0.4, -0.2) is 76.5 Å². The molecule has 4 aromatic rings. The fraction of sp³-hybridized carbons (Fsp3) is 0.457.